The van der Waals surface area contributed by atoms with E-state index < -0.39 is 11.2 Å². The van der Waals surface area contributed by atoms with Gasteiger partial charge in [0.2, 0.25) is 0 Å². The van der Waals surface area contributed by atoms with Crippen molar-refractivity contribution in [3.05, 3.63) is 37.0 Å². The van der Waals surface area contributed by atoms with Gasteiger partial charge >= 0.3 is 0 Å². The highest BCUT2D eigenvalue weighted by Crippen LogP contribution is 2.22. The summed E-state index contributed by atoms with van der Waals surface area (Å²) in [6, 6.07) is 0. The van der Waals surface area contributed by atoms with E-state index in [1.807, 2.05) is 26.0 Å². The van der Waals surface area contributed by atoms with Gasteiger partial charge in [-0.05, 0) is 46.5 Å². The predicted octanol–water partition coefficient (Wildman–Crippen LogP) is 3.37. The lowest BCUT2D eigenvalue weighted by Gasteiger charge is -2.24. The third-order valence-corrected chi connectivity index (χ3v) is 2.80. The van der Waals surface area contributed by atoms with Crippen LogP contribution in [-0.4, -0.2) is 21.4 Å². The number of hydrogen-bond donors (Lipinski definition) is 2. The maximum absolute atomic E-state index is 10.1. The van der Waals surface area contributed by atoms with Gasteiger partial charge in [0.25, 0.3) is 0 Å². The van der Waals surface area contributed by atoms with E-state index >= 15 is 0 Å². The van der Waals surface area contributed by atoms with Crippen LogP contribution in [0.5, 0.6) is 0 Å². The van der Waals surface area contributed by atoms with E-state index in [2.05, 4.69) is 13.2 Å². The van der Waals surface area contributed by atoms with Gasteiger partial charge in [-0.15, -0.1) is 6.58 Å². The lowest BCUT2D eigenvalue weighted by Crippen LogP contribution is -2.26. The smallest absolute Gasteiger partial charge is 0.0797 e. The van der Waals surface area contributed by atoms with Crippen LogP contribution in [0.1, 0.15) is 46.5 Å². The SMILES string of the molecule is C=CC(C)(O)CCCC(C)(O)CC=CC(=C)C. The fourth-order valence-corrected chi connectivity index (χ4v) is 1.55. The van der Waals surface area contributed by atoms with Gasteiger partial charge in [0.15, 0.2) is 0 Å². The molecule has 0 bridgehead atoms. The normalized spacial score (nSPS) is 18.6. The van der Waals surface area contributed by atoms with Crippen molar-refractivity contribution in [2.24, 2.45) is 0 Å². The molecule has 0 aliphatic carbocycles. The molecule has 2 N–H and O–H groups in total. The quantitative estimate of drug-likeness (QED) is 0.503. The van der Waals surface area contributed by atoms with E-state index in [0.29, 0.717) is 19.3 Å². The van der Waals surface area contributed by atoms with Crippen LogP contribution in [0.15, 0.2) is 37.0 Å². The van der Waals surface area contributed by atoms with Gasteiger partial charge in [-0.2, -0.15) is 0 Å². The highest BCUT2D eigenvalue weighted by Gasteiger charge is 2.21. The summed E-state index contributed by atoms with van der Waals surface area (Å²) in [5, 5.41) is 19.9. The van der Waals surface area contributed by atoms with Gasteiger partial charge in [0, 0.05) is 0 Å². The first-order chi connectivity index (χ1) is 7.68. The molecule has 0 heterocycles. The molecule has 0 spiro atoms. The molecule has 0 aromatic heterocycles. The van der Waals surface area contributed by atoms with Crippen LogP contribution in [0.4, 0.5) is 0 Å². The number of hydrogen-bond acceptors (Lipinski definition) is 2. The largest absolute Gasteiger partial charge is 0.390 e. The van der Waals surface area contributed by atoms with Crippen molar-refractivity contribution >= 4 is 0 Å². The molecule has 0 aromatic rings. The van der Waals surface area contributed by atoms with Crippen molar-refractivity contribution in [1.82, 2.24) is 0 Å². The van der Waals surface area contributed by atoms with Crippen LogP contribution in [0.2, 0.25) is 0 Å². The van der Waals surface area contributed by atoms with Gasteiger partial charge < -0.3 is 10.2 Å². The molecule has 0 radical (unpaired) electrons. The molecule has 0 fully saturated rings. The third-order valence-electron chi connectivity index (χ3n) is 2.80. The third kappa shape index (κ3) is 8.90. The molecule has 0 saturated carbocycles. The summed E-state index contributed by atoms with van der Waals surface area (Å²) in [5.41, 5.74) is -0.567. The molecule has 98 valence electrons. The van der Waals surface area contributed by atoms with Gasteiger partial charge in [-0.3, -0.25) is 0 Å². The fraction of sp³-hybridized carbons (Fsp3) is 0.600. The van der Waals surface area contributed by atoms with E-state index in [1.54, 1.807) is 13.0 Å². The summed E-state index contributed by atoms with van der Waals surface area (Å²) in [5.74, 6) is 0. The van der Waals surface area contributed by atoms with Gasteiger partial charge in [0.05, 0.1) is 11.2 Å². The van der Waals surface area contributed by atoms with Crippen LogP contribution in [0.3, 0.4) is 0 Å². The minimum Gasteiger partial charge on any atom is -0.390 e. The molecule has 2 unspecified atom stereocenters. The standard InChI is InChI=1S/C15H26O2/c1-6-14(4,16)11-8-12-15(5,17)10-7-9-13(2)3/h6-7,9,16-17H,1-2,8,10-12H2,3-5H3. The summed E-state index contributed by atoms with van der Waals surface area (Å²) < 4.78 is 0. The predicted molar refractivity (Wildman–Crippen MR) is 73.9 cm³/mol. The second kappa shape index (κ2) is 6.77. The maximum atomic E-state index is 10.1. The van der Waals surface area contributed by atoms with E-state index in [4.69, 9.17) is 0 Å². The highest BCUT2D eigenvalue weighted by atomic mass is 16.3. The Hall–Kier alpha value is -0.860. The Morgan fingerprint density at radius 2 is 1.82 bits per heavy atom. The molecule has 17 heavy (non-hydrogen) atoms. The summed E-state index contributed by atoms with van der Waals surface area (Å²) in [6.45, 7) is 12.8. The average Bonchev–Trinajstić information content (AvgIpc) is 2.16. The molecule has 2 nitrogen and oxygen atoms in total. The Kier molecular flexibility index (Phi) is 6.43. The first-order valence-electron chi connectivity index (χ1n) is 6.09. The molecular weight excluding hydrogens is 212 g/mol. The highest BCUT2D eigenvalue weighted by molar-refractivity contribution is 5.11. The lowest BCUT2D eigenvalue weighted by atomic mass is 9.91. The van der Waals surface area contributed by atoms with Crippen LogP contribution in [0.25, 0.3) is 0 Å². The van der Waals surface area contributed by atoms with Gasteiger partial charge in [-0.25, -0.2) is 0 Å². The van der Waals surface area contributed by atoms with E-state index in [1.165, 1.54) is 0 Å². The van der Waals surface area contributed by atoms with Crippen LogP contribution in [0, 0.1) is 0 Å². The lowest BCUT2D eigenvalue weighted by molar-refractivity contribution is 0.0397. The first kappa shape index (κ1) is 16.1. The Balaban J connectivity index is 4.01. The van der Waals surface area contributed by atoms with Crippen molar-refractivity contribution in [2.45, 2.75) is 57.7 Å². The van der Waals surface area contributed by atoms with Crippen LogP contribution >= 0.6 is 0 Å². The molecule has 0 amide bonds. The number of allylic oxidation sites excluding steroid dienone is 2. The second-order valence-electron chi connectivity index (χ2n) is 5.36. The Bertz CT molecular complexity index is 285. The second-order valence-corrected chi connectivity index (χ2v) is 5.36. The Morgan fingerprint density at radius 1 is 1.24 bits per heavy atom. The van der Waals surface area contributed by atoms with Gasteiger partial charge in [0.1, 0.15) is 0 Å². The molecule has 0 rings (SSSR count). The van der Waals surface area contributed by atoms with E-state index in [0.717, 1.165) is 12.0 Å². The van der Waals surface area contributed by atoms with Crippen molar-refractivity contribution < 1.29 is 10.2 Å². The minimum atomic E-state index is -0.830. The molecule has 2 heteroatoms. The van der Waals surface area contributed by atoms with Crippen molar-refractivity contribution in [3.8, 4) is 0 Å². The van der Waals surface area contributed by atoms with Crippen molar-refractivity contribution in [2.75, 3.05) is 0 Å². The van der Waals surface area contributed by atoms with Gasteiger partial charge in [-0.1, -0.05) is 30.4 Å². The summed E-state index contributed by atoms with van der Waals surface area (Å²) >= 11 is 0. The number of rotatable bonds is 8. The molecule has 0 aliphatic heterocycles. The minimum absolute atomic E-state index is 0.607. The van der Waals surface area contributed by atoms with Crippen LogP contribution in [-0.2, 0) is 0 Å². The van der Waals surface area contributed by atoms with E-state index in [-0.39, 0.29) is 0 Å². The van der Waals surface area contributed by atoms with Crippen LogP contribution < -0.4 is 0 Å². The Morgan fingerprint density at radius 3 is 2.29 bits per heavy atom. The zero-order chi connectivity index (χ0) is 13.5. The monoisotopic (exact) mass is 238 g/mol. The molecule has 0 aliphatic rings. The molecule has 2 atom stereocenters. The summed E-state index contributed by atoms with van der Waals surface area (Å²) in [4.78, 5) is 0. The maximum Gasteiger partial charge on any atom is 0.0797 e. The Labute approximate surface area is 105 Å². The molecule has 0 aromatic carbocycles. The summed E-state index contributed by atoms with van der Waals surface area (Å²) in [7, 11) is 0. The zero-order valence-corrected chi connectivity index (χ0v) is 11.4. The van der Waals surface area contributed by atoms with Crippen molar-refractivity contribution in [3.63, 3.8) is 0 Å². The average molecular weight is 238 g/mol. The molecular formula is C15H26O2. The zero-order valence-electron chi connectivity index (χ0n) is 11.4. The number of aliphatic hydroxyl groups is 2. The fourth-order valence-electron chi connectivity index (χ4n) is 1.55. The topological polar surface area (TPSA) is 40.5 Å². The molecule has 0 saturated heterocycles. The van der Waals surface area contributed by atoms with Crippen molar-refractivity contribution in [1.29, 1.82) is 0 Å². The first-order valence-corrected chi connectivity index (χ1v) is 6.09. The summed E-state index contributed by atoms with van der Waals surface area (Å²) in [6.07, 6.45) is 8.06. The van der Waals surface area contributed by atoms with E-state index in [9.17, 15) is 10.2 Å².